The smallest absolute Gasteiger partial charge is 0.319 e. The summed E-state index contributed by atoms with van der Waals surface area (Å²) in [5.74, 6) is -0.0262. The Morgan fingerprint density at radius 1 is 1.50 bits per heavy atom. The molecule has 1 unspecified atom stereocenters. The van der Waals surface area contributed by atoms with Crippen molar-refractivity contribution < 1.29 is 14.4 Å². The molecule has 0 aliphatic carbocycles. The molecule has 0 spiro atoms. The highest BCUT2D eigenvalue weighted by Crippen LogP contribution is 2.25. The maximum absolute atomic E-state index is 11.9. The van der Waals surface area contributed by atoms with Crippen molar-refractivity contribution in [3.63, 3.8) is 0 Å². The van der Waals surface area contributed by atoms with Crippen LogP contribution < -0.4 is 16.0 Å². The molecule has 2 aliphatic heterocycles. The van der Waals surface area contributed by atoms with Crippen molar-refractivity contribution in [3.05, 3.63) is 23.8 Å². The monoisotopic (exact) mass is 302 g/mol. The normalized spacial score (nSPS) is 19.0. The first-order valence-electron chi connectivity index (χ1n) is 7.33. The zero-order valence-electron chi connectivity index (χ0n) is 12.3. The number of hydrogen-bond acceptors (Lipinski definition) is 4. The Morgan fingerprint density at radius 2 is 2.36 bits per heavy atom. The number of rotatable bonds is 4. The van der Waals surface area contributed by atoms with E-state index in [0.29, 0.717) is 18.7 Å². The van der Waals surface area contributed by atoms with Crippen LogP contribution >= 0.6 is 0 Å². The fourth-order valence-electron chi connectivity index (χ4n) is 2.49. The quantitative estimate of drug-likeness (QED) is 0.792. The Labute approximate surface area is 128 Å². The van der Waals surface area contributed by atoms with E-state index >= 15 is 0 Å². The van der Waals surface area contributed by atoms with E-state index in [1.807, 2.05) is 6.92 Å². The summed E-state index contributed by atoms with van der Waals surface area (Å²) in [7, 11) is 0. The molecule has 1 atom stereocenters. The van der Waals surface area contributed by atoms with Crippen LogP contribution in [-0.4, -0.2) is 30.3 Å². The highest BCUT2D eigenvalue weighted by Gasteiger charge is 2.21. The topological polar surface area (TPSA) is 91.8 Å². The number of carbonyl (C=O) groups is 2. The summed E-state index contributed by atoms with van der Waals surface area (Å²) in [5.41, 5.74) is 3.37. The second-order valence-electron chi connectivity index (χ2n) is 5.37. The third-order valence-corrected chi connectivity index (χ3v) is 3.68. The fraction of sp³-hybridized carbons (Fsp3) is 0.400. The SMILES string of the molecule is CCC1=NOC(CNC(=O)Nc2ccc3c(c2)CC(=O)N3)C1. The summed E-state index contributed by atoms with van der Waals surface area (Å²) in [4.78, 5) is 28.4. The van der Waals surface area contributed by atoms with E-state index in [4.69, 9.17) is 4.84 Å². The Hall–Kier alpha value is -2.57. The molecule has 22 heavy (non-hydrogen) atoms. The maximum Gasteiger partial charge on any atom is 0.319 e. The molecule has 2 aliphatic rings. The first-order valence-corrected chi connectivity index (χ1v) is 7.33. The second-order valence-corrected chi connectivity index (χ2v) is 5.37. The van der Waals surface area contributed by atoms with E-state index in [1.54, 1.807) is 18.2 Å². The number of amides is 3. The Bertz CT molecular complexity index is 642. The fourth-order valence-corrected chi connectivity index (χ4v) is 2.49. The van der Waals surface area contributed by atoms with E-state index in [-0.39, 0.29) is 18.0 Å². The number of urea groups is 1. The summed E-state index contributed by atoms with van der Waals surface area (Å²) in [5, 5.41) is 12.2. The van der Waals surface area contributed by atoms with Crippen LogP contribution in [0.1, 0.15) is 25.3 Å². The predicted octanol–water partition coefficient (Wildman–Crippen LogP) is 1.86. The number of carbonyl (C=O) groups excluding carboxylic acids is 2. The van der Waals surface area contributed by atoms with Gasteiger partial charge in [-0.05, 0) is 30.2 Å². The van der Waals surface area contributed by atoms with Gasteiger partial charge in [0.25, 0.3) is 0 Å². The molecule has 7 nitrogen and oxygen atoms in total. The average molecular weight is 302 g/mol. The van der Waals surface area contributed by atoms with Crippen LogP contribution in [0.5, 0.6) is 0 Å². The Kier molecular flexibility index (Phi) is 3.95. The first kappa shape index (κ1) is 14.4. The number of hydrogen-bond donors (Lipinski definition) is 3. The molecule has 0 saturated heterocycles. The zero-order valence-corrected chi connectivity index (χ0v) is 12.3. The average Bonchev–Trinajstić information content (AvgIpc) is 3.09. The van der Waals surface area contributed by atoms with Gasteiger partial charge in [0.1, 0.15) is 6.10 Å². The maximum atomic E-state index is 11.9. The van der Waals surface area contributed by atoms with Gasteiger partial charge in [0.2, 0.25) is 5.91 Å². The number of nitrogens with zero attached hydrogens (tertiary/aromatic N) is 1. The van der Waals surface area contributed by atoms with E-state index in [0.717, 1.165) is 29.8 Å². The summed E-state index contributed by atoms with van der Waals surface area (Å²) in [6.45, 7) is 2.43. The minimum atomic E-state index is -0.300. The molecule has 116 valence electrons. The Morgan fingerprint density at radius 3 is 3.14 bits per heavy atom. The van der Waals surface area contributed by atoms with E-state index in [1.165, 1.54) is 0 Å². The van der Waals surface area contributed by atoms with E-state index < -0.39 is 0 Å². The highest BCUT2D eigenvalue weighted by atomic mass is 16.6. The molecular weight excluding hydrogens is 284 g/mol. The molecule has 3 rings (SSSR count). The van der Waals surface area contributed by atoms with Gasteiger partial charge in [0.05, 0.1) is 18.7 Å². The molecule has 3 amide bonds. The number of fused-ring (bicyclic) bond motifs is 1. The molecule has 0 aromatic heterocycles. The zero-order chi connectivity index (χ0) is 15.5. The molecule has 2 heterocycles. The van der Waals surface area contributed by atoms with Crippen LogP contribution in [0.2, 0.25) is 0 Å². The van der Waals surface area contributed by atoms with Gasteiger partial charge in [-0.3, -0.25) is 4.79 Å². The summed E-state index contributed by atoms with van der Waals surface area (Å²) in [6.07, 6.45) is 1.87. The van der Waals surface area contributed by atoms with Crippen LogP contribution in [0.15, 0.2) is 23.4 Å². The summed E-state index contributed by atoms with van der Waals surface area (Å²) >= 11 is 0. The third-order valence-electron chi connectivity index (χ3n) is 3.68. The van der Waals surface area contributed by atoms with E-state index in [2.05, 4.69) is 21.1 Å². The van der Waals surface area contributed by atoms with Crippen LogP contribution in [-0.2, 0) is 16.1 Å². The van der Waals surface area contributed by atoms with Gasteiger partial charge in [-0.15, -0.1) is 0 Å². The van der Waals surface area contributed by atoms with Crippen molar-refractivity contribution in [2.24, 2.45) is 5.16 Å². The summed E-state index contributed by atoms with van der Waals surface area (Å²) < 4.78 is 0. The minimum absolute atomic E-state index is 0.0262. The number of anilines is 2. The van der Waals surface area contributed by atoms with Gasteiger partial charge < -0.3 is 20.8 Å². The summed E-state index contributed by atoms with van der Waals surface area (Å²) in [6, 6.07) is 5.05. The lowest BCUT2D eigenvalue weighted by molar-refractivity contribution is -0.115. The second kappa shape index (κ2) is 6.05. The third kappa shape index (κ3) is 3.19. The molecule has 7 heteroatoms. The Balaban J connectivity index is 1.48. The van der Waals surface area contributed by atoms with Crippen LogP contribution in [0, 0.1) is 0 Å². The molecular formula is C15H18N4O3. The molecule has 0 bridgehead atoms. The lowest BCUT2D eigenvalue weighted by atomic mass is 10.1. The number of benzene rings is 1. The largest absolute Gasteiger partial charge is 0.390 e. The van der Waals surface area contributed by atoms with Gasteiger partial charge in [-0.1, -0.05) is 12.1 Å². The van der Waals surface area contributed by atoms with Gasteiger partial charge in [-0.2, -0.15) is 0 Å². The van der Waals surface area contributed by atoms with Gasteiger partial charge in [0, 0.05) is 17.8 Å². The van der Waals surface area contributed by atoms with Crippen molar-refractivity contribution in [1.29, 1.82) is 0 Å². The molecule has 0 saturated carbocycles. The lowest BCUT2D eigenvalue weighted by Gasteiger charge is -2.11. The van der Waals surface area contributed by atoms with Gasteiger partial charge in [-0.25, -0.2) is 4.79 Å². The van der Waals surface area contributed by atoms with Gasteiger partial charge >= 0.3 is 6.03 Å². The predicted molar refractivity (Wildman–Crippen MR) is 83.0 cm³/mol. The molecule has 0 fully saturated rings. The van der Waals surface area contributed by atoms with Crippen LogP contribution in [0.4, 0.5) is 16.2 Å². The van der Waals surface area contributed by atoms with Crippen molar-refractivity contribution in [2.75, 3.05) is 17.2 Å². The molecule has 1 aromatic carbocycles. The van der Waals surface area contributed by atoms with Crippen LogP contribution in [0.3, 0.4) is 0 Å². The standard InChI is InChI=1S/C15H18N4O3/c1-2-10-7-12(22-19-10)8-16-15(21)17-11-3-4-13-9(5-11)6-14(20)18-13/h3-5,12H,2,6-8H2,1H3,(H,18,20)(H2,16,17,21). The molecule has 0 radical (unpaired) electrons. The number of oxime groups is 1. The van der Waals surface area contributed by atoms with Crippen molar-refractivity contribution >= 4 is 29.0 Å². The van der Waals surface area contributed by atoms with Crippen molar-refractivity contribution in [2.45, 2.75) is 32.3 Å². The lowest BCUT2D eigenvalue weighted by Crippen LogP contribution is -2.35. The van der Waals surface area contributed by atoms with E-state index in [9.17, 15) is 9.59 Å². The van der Waals surface area contributed by atoms with Crippen molar-refractivity contribution in [1.82, 2.24) is 5.32 Å². The minimum Gasteiger partial charge on any atom is -0.390 e. The molecule has 1 aromatic rings. The van der Waals surface area contributed by atoms with Crippen LogP contribution in [0.25, 0.3) is 0 Å². The number of nitrogens with one attached hydrogen (secondary N) is 3. The van der Waals surface area contributed by atoms with Gasteiger partial charge in [0.15, 0.2) is 0 Å². The highest BCUT2D eigenvalue weighted by molar-refractivity contribution is 6.00. The van der Waals surface area contributed by atoms with Crippen molar-refractivity contribution in [3.8, 4) is 0 Å². The molecule has 3 N–H and O–H groups in total. The first-order chi connectivity index (χ1) is 10.6.